The molecule has 1 heterocycles. The quantitative estimate of drug-likeness (QED) is 0.803. The van der Waals surface area contributed by atoms with Gasteiger partial charge in [-0.2, -0.15) is 0 Å². The summed E-state index contributed by atoms with van der Waals surface area (Å²) in [7, 11) is 0. The van der Waals surface area contributed by atoms with Crippen LogP contribution in [-0.2, 0) is 6.61 Å². The van der Waals surface area contributed by atoms with Crippen molar-refractivity contribution in [3.63, 3.8) is 0 Å². The van der Waals surface area contributed by atoms with Crippen LogP contribution in [0.2, 0.25) is 5.15 Å². The Bertz CT molecular complexity index is 418. The summed E-state index contributed by atoms with van der Waals surface area (Å²) in [6.07, 6.45) is 6.75. The number of aliphatic hydroxyl groups excluding tert-OH is 1. The molecule has 0 amide bonds. The van der Waals surface area contributed by atoms with Gasteiger partial charge in [-0.3, -0.25) is 0 Å². The first-order chi connectivity index (χ1) is 8.78. The van der Waals surface area contributed by atoms with E-state index in [9.17, 15) is 5.11 Å². The molecule has 0 atom stereocenters. The molecule has 2 aliphatic rings. The zero-order chi connectivity index (χ0) is 12.5. The SMILES string of the molecule is OCc1c(Cl)ncnc1N(CC1CC1)CC1CC1. The molecule has 2 aliphatic carbocycles. The van der Waals surface area contributed by atoms with E-state index in [1.807, 2.05) is 0 Å². The highest BCUT2D eigenvalue weighted by molar-refractivity contribution is 6.30. The minimum Gasteiger partial charge on any atom is -0.391 e. The Morgan fingerprint density at radius 3 is 2.28 bits per heavy atom. The largest absolute Gasteiger partial charge is 0.391 e. The monoisotopic (exact) mass is 267 g/mol. The van der Waals surface area contributed by atoms with Crippen molar-refractivity contribution >= 4 is 17.4 Å². The van der Waals surface area contributed by atoms with Gasteiger partial charge in [0.15, 0.2) is 0 Å². The van der Waals surface area contributed by atoms with Crippen molar-refractivity contribution in [1.29, 1.82) is 0 Å². The average molecular weight is 268 g/mol. The maximum absolute atomic E-state index is 9.46. The van der Waals surface area contributed by atoms with Crippen LogP contribution in [0.15, 0.2) is 6.33 Å². The molecular formula is C13H18ClN3O. The maximum Gasteiger partial charge on any atom is 0.140 e. The van der Waals surface area contributed by atoms with Gasteiger partial charge in [0, 0.05) is 13.1 Å². The molecule has 0 radical (unpaired) electrons. The van der Waals surface area contributed by atoms with Crippen molar-refractivity contribution in [3.05, 3.63) is 17.0 Å². The Hall–Kier alpha value is -0.870. The van der Waals surface area contributed by atoms with Crippen LogP contribution in [0.5, 0.6) is 0 Å². The third-order valence-electron chi connectivity index (χ3n) is 3.68. The summed E-state index contributed by atoms with van der Waals surface area (Å²) < 4.78 is 0. The summed E-state index contributed by atoms with van der Waals surface area (Å²) in [5.74, 6) is 2.42. The summed E-state index contributed by atoms with van der Waals surface area (Å²) >= 11 is 6.04. The fourth-order valence-corrected chi connectivity index (χ4v) is 2.45. The Morgan fingerprint density at radius 1 is 1.17 bits per heavy atom. The minimum absolute atomic E-state index is 0.0964. The van der Waals surface area contributed by atoms with Gasteiger partial charge in [0.1, 0.15) is 17.3 Å². The fourth-order valence-electron chi connectivity index (χ4n) is 2.26. The van der Waals surface area contributed by atoms with Gasteiger partial charge < -0.3 is 10.0 Å². The van der Waals surface area contributed by atoms with Crippen LogP contribution < -0.4 is 4.90 Å². The van der Waals surface area contributed by atoms with Crippen LogP contribution in [0.4, 0.5) is 5.82 Å². The molecule has 5 heteroatoms. The Balaban J connectivity index is 1.84. The van der Waals surface area contributed by atoms with E-state index in [4.69, 9.17) is 11.6 Å². The summed E-state index contributed by atoms with van der Waals surface area (Å²) in [5.41, 5.74) is 0.667. The number of aromatic nitrogens is 2. The van der Waals surface area contributed by atoms with Crippen LogP contribution in [-0.4, -0.2) is 28.2 Å². The van der Waals surface area contributed by atoms with Crippen molar-refractivity contribution in [3.8, 4) is 0 Å². The third-order valence-corrected chi connectivity index (χ3v) is 4.00. The zero-order valence-electron chi connectivity index (χ0n) is 10.3. The molecule has 2 fully saturated rings. The van der Waals surface area contributed by atoms with Gasteiger partial charge in [-0.1, -0.05) is 11.6 Å². The topological polar surface area (TPSA) is 49.3 Å². The Morgan fingerprint density at radius 2 is 1.78 bits per heavy atom. The molecule has 0 bridgehead atoms. The predicted molar refractivity (Wildman–Crippen MR) is 70.6 cm³/mol. The molecule has 18 heavy (non-hydrogen) atoms. The third kappa shape index (κ3) is 2.75. The van der Waals surface area contributed by atoms with E-state index in [1.54, 1.807) is 0 Å². The van der Waals surface area contributed by atoms with E-state index in [1.165, 1.54) is 32.0 Å². The smallest absolute Gasteiger partial charge is 0.140 e. The van der Waals surface area contributed by atoms with Crippen molar-refractivity contribution < 1.29 is 5.11 Å². The number of anilines is 1. The van der Waals surface area contributed by atoms with Gasteiger partial charge in [-0.15, -0.1) is 0 Å². The fraction of sp³-hybridized carbons (Fsp3) is 0.692. The molecule has 1 aromatic rings. The summed E-state index contributed by atoms with van der Waals surface area (Å²) in [6, 6.07) is 0. The molecule has 0 unspecified atom stereocenters. The molecule has 3 rings (SSSR count). The van der Waals surface area contributed by atoms with Crippen LogP contribution >= 0.6 is 11.6 Å². The molecule has 4 nitrogen and oxygen atoms in total. The van der Waals surface area contributed by atoms with E-state index in [0.29, 0.717) is 10.7 Å². The first-order valence-corrected chi connectivity index (χ1v) is 7.01. The lowest BCUT2D eigenvalue weighted by molar-refractivity contribution is 0.281. The molecular weight excluding hydrogens is 250 g/mol. The number of hydrogen-bond donors (Lipinski definition) is 1. The Kier molecular flexibility index (Phi) is 3.39. The van der Waals surface area contributed by atoms with Crippen molar-refractivity contribution in [1.82, 2.24) is 9.97 Å². The second kappa shape index (κ2) is 5.02. The maximum atomic E-state index is 9.46. The average Bonchev–Trinajstić information content (AvgIpc) is 3.22. The van der Waals surface area contributed by atoms with E-state index >= 15 is 0 Å². The summed E-state index contributed by atoms with van der Waals surface area (Å²) in [6.45, 7) is 1.98. The summed E-state index contributed by atoms with van der Waals surface area (Å²) in [4.78, 5) is 10.6. The minimum atomic E-state index is -0.0964. The molecule has 0 saturated heterocycles. The van der Waals surface area contributed by atoms with Crippen LogP contribution in [0.25, 0.3) is 0 Å². The van der Waals surface area contributed by atoms with E-state index in [0.717, 1.165) is 30.7 Å². The zero-order valence-corrected chi connectivity index (χ0v) is 11.1. The van der Waals surface area contributed by atoms with Crippen molar-refractivity contribution in [2.75, 3.05) is 18.0 Å². The lowest BCUT2D eigenvalue weighted by Crippen LogP contribution is -2.30. The number of halogens is 1. The lowest BCUT2D eigenvalue weighted by Gasteiger charge is -2.25. The van der Waals surface area contributed by atoms with Gasteiger partial charge in [0.2, 0.25) is 0 Å². The normalized spacial score (nSPS) is 19.0. The molecule has 2 saturated carbocycles. The van der Waals surface area contributed by atoms with Gasteiger partial charge >= 0.3 is 0 Å². The highest BCUT2D eigenvalue weighted by Gasteiger charge is 2.31. The first kappa shape index (κ1) is 12.2. The molecule has 98 valence electrons. The Labute approximate surface area is 112 Å². The van der Waals surface area contributed by atoms with E-state index in [-0.39, 0.29) is 6.61 Å². The standard InChI is InChI=1S/C13H18ClN3O/c14-12-11(7-18)13(16-8-15-12)17(5-9-1-2-9)6-10-3-4-10/h8-10,18H,1-7H2. The number of nitrogens with zero attached hydrogens (tertiary/aromatic N) is 3. The number of hydrogen-bond acceptors (Lipinski definition) is 4. The van der Waals surface area contributed by atoms with E-state index < -0.39 is 0 Å². The van der Waals surface area contributed by atoms with Crippen LogP contribution in [0, 0.1) is 11.8 Å². The highest BCUT2D eigenvalue weighted by Crippen LogP contribution is 2.36. The number of aliphatic hydroxyl groups is 1. The predicted octanol–water partition coefficient (Wildman–Crippen LogP) is 2.25. The van der Waals surface area contributed by atoms with Crippen LogP contribution in [0.1, 0.15) is 31.2 Å². The van der Waals surface area contributed by atoms with Gasteiger partial charge in [-0.05, 0) is 37.5 Å². The van der Waals surface area contributed by atoms with E-state index in [2.05, 4.69) is 14.9 Å². The number of rotatable bonds is 6. The second-order valence-electron chi connectivity index (χ2n) is 5.42. The van der Waals surface area contributed by atoms with Crippen LogP contribution in [0.3, 0.4) is 0 Å². The van der Waals surface area contributed by atoms with Gasteiger partial charge in [0.25, 0.3) is 0 Å². The summed E-state index contributed by atoms with van der Waals surface area (Å²) in [5, 5.41) is 9.83. The van der Waals surface area contributed by atoms with Crippen molar-refractivity contribution in [2.45, 2.75) is 32.3 Å². The molecule has 0 spiro atoms. The molecule has 0 aromatic carbocycles. The molecule has 1 N–H and O–H groups in total. The van der Waals surface area contributed by atoms with Crippen molar-refractivity contribution in [2.24, 2.45) is 11.8 Å². The molecule has 0 aliphatic heterocycles. The second-order valence-corrected chi connectivity index (χ2v) is 5.77. The molecule has 1 aromatic heterocycles. The first-order valence-electron chi connectivity index (χ1n) is 6.63. The lowest BCUT2D eigenvalue weighted by atomic mass is 10.2. The van der Waals surface area contributed by atoms with Gasteiger partial charge in [-0.25, -0.2) is 9.97 Å². The highest BCUT2D eigenvalue weighted by atomic mass is 35.5. The van der Waals surface area contributed by atoms with Gasteiger partial charge in [0.05, 0.1) is 12.2 Å².